The van der Waals surface area contributed by atoms with Crippen molar-refractivity contribution in [1.82, 2.24) is 0 Å². The molecule has 1 aromatic carbocycles. The van der Waals surface area contributed by atoms with Crippen LogP contribution in [-0.2, 0) is 0 Å². The Labute approximate surface area is 93.0 Å². The third-order valence-electron chi connectivity index (χ3n) is 2.48. The topological polar surface area (TPSA) is 27.1 Å². The third-order valence-corrected chi connectivity index (χ3v) is 3.36. The first-order valence-corrected chi connectivity index (χ1v) is 5.86. The second kappa shape index (κ2) is 3.85. The van der Waals surface area contributed by atoms with Crippen LogP contribution in [0.4, 0.5) is 10.1 Å². The number of hydrogen-bond donors (Lipinski definition) is 1. The highest BCUT2D eigenvalue weighted by atomic mass is 32.2. The zero-order valence-electron chi connectivity index (χ0n) is 8.75. The van der Waals surface area contributed by atoms with Crippen LogP contribution < -0.4 is 4.90 Å². The maximum atomic E-state index is 13.2. The van der Waals surface area contributed by atoms with Gasteiger partial charge in [-0.15, -0.1) is 0 Å². The van der Waals surface area contributed by atoms with Crippen molar-refractivity contribution < 1.29 is 4.39 Å². The minimum atomic E-state index is -0.237. The lowest BCUT2D eigenvalue weighted by molar-refractivity contribution is 0.626. The Morgan fingerprint density at radius 2 is 2.20 bits per heavy atom. The smallest absolute Gasteiger partial charge is 0.163 e. The lowest BCUT2D eigenvalue weighted by Crippen LogP contribution is -2.38. The van der Waals surface area contributed by atoms with Gasteiger partial charge in [-0.2, -0.15) is 0 Å². The maximum Gasteiger partial charge on any atom is 0.163 e. The van der Waals surface area contributed by atoms with Crippen molar-refractivity contribution in [2.24, 2.45) is 0 Å². The average Bonchev–Trinajstić information content (AvgIpc) is 2.15. The van der Waals surface area contributed by atoms with Gasteiger partial charge in [0.1, 0.15) is 5.82 Å². The first-order valence-electron chi connectivity index (χ1n) is 4.88. The van der Waals surface area contributed by atoms with Gasteiger partial charge >= 0.3 is 0 Å². The molecule has 0 aliphatic carbocycles. The molecule has 0 aromatic heterocycles. The predicted octanol–water partition coefficient (Wildman–Crippen LogP) is 3.39. The van der Waals surface area contributed by atoms with Crippen molar-refractivity contribution in [3.63, 3.8) is 0 Å². The molecule has 0 amide bonds. The SMILES string of the molecule is CC(C)c1ccc(F)cc1N1CSC1=N. The largest absolute Gasteiger partial charge is 0.311 e. The van der Waals surface area contributed by atoms with Crippen LogP contribution >= 0.6 is 11.8 Å². The number of nitrogens with zero attached hydrogens (tertiary/aromatic N) is 1. The normalized spacial score (nSPS) is 15.7. The van der Waals surface area contributed by atoms with Gasteiger partial charge in [0, 0.05) is 0 Å². The van der Waals surface area contributed by atoms with E-state index in [1.54, 1.807) is 0 Å². The first-order chi connectivity index (χ1) is 7.09. The molecule has 1 aromatic rings. The fourth-order valence-electron chi connectivity index (χ4n) is 1.61. The van der Waals surface area contributed by atoms with E-state index in [9.17, 15) is 4.39 Å². The van der Waals surface area contributed by atoms with Crippen LogP contribution in [0.2, 0.25) is 0 Å². The lowest BCUT2D eigenvalue weighted by Gasteiger charge is -2.34. The standard InChI is InChI=1S/C11H13FN2S/c1-7(2)9-4-3-8(12)5-10(9)14-6-15-11(14)13/h3-5,7,13H,6H2,1-2H3. The number of rotatable bonds is 2. The lowest BCUT2D eigenvalue weighted by atomic mass is 10.0. The Bertz CT molecular complexity index is 404. The summed E-state index contributed by atoms with van der Waals surface area (Å²) in [7, 11) is 0. The van der Waals surface area contributed by atoms with Gasteiger partial charge in [0.05, 0.1) is 11.6 Å². The molecule has 1 heterocycles. The number of amidine groups is 1. The summed E-state index contributed by atoms with van der Waals surface area (Å²) in [5.41, 5.74) is 1.94. The summed E-state index contributed by atoms with van der Waals surface area (Å²) < 4.78 is 13.2. The number of hydrogen-bond acceptors (Lipinski definition) is 2. The summed E-state index contributed by atoms with van der Waals surface area (Å²) in [4.78, 5) is 1.84. The molecule has 1 saturated heterocycles. The summed E-state index contributed by atoms with van der Waals surface area (Å²) in [6.45, 7) is 4.15. The van der Waals surface area contributed by atoms with Gasteiger partial charge in [-0.05, 0) is 23.6 Å². The molecular weight excluding hydrogens is 211 g/mol. The molecule has 15 heavy (non-hydrogen) atoms. The van der Waals surface area contributed by atoms with Gasteiger partial charge in [0.2, 0.25) is 0 Å². The van der Waals surface area contributed by atoms with Crippen molar-refractivity contribution in [3.8, 4) is 0 Å². The van der Waals surface area contributed by atoms with Gasteiger partial charge in [0.15, 0.2) is 5.17 Å². The number of halogens is 1. The van der Waals surface area contributed by atoms with Crippen LogP contribution in [0.3, 0.4) is 0 Å². The summed E-state index contributed by atoms with van der Waals surface area (Å²) in [6, 6.07) is 4.81. The van der Waals surface area contributed by atoms with Crippen LogP contribution in [0.5, 0.6) is 0 Å². The van der Waals surface area contributed by atoms with Gasteiger partial charge < -0.3 is 4.90 Å². The Morgan fingerprint density at radius 1 is 1.47 bits per heavy atom. The van der Waals surface area contributed by atoms with E-state index in [-0.39, 0.29) is 5.82 Å². The van der Waals surface area contributed by atoms with Gasteiger partial charge in [0.25, 0.3) is 0 Å². The molecule has 4 heteroatoms. The van der Waals surface area contributed by atoms with Crippen LogP contribution in [0.25, 0.3) is 0 Å². The molecule has 1 aliphatic rings. The van der Waals surface area contributed by atoms with E-state index in [1.165, 1.54) is 23.9 Å². The quantitative estimate of drug-likeness (QED) is 0.833. The highest BCUT2D eigenvalue weighted by molar-refractivity contribution is 8.16. The van der Waals surface area contributed by atoms with E-state index in [2.05, 4.69) is 13.8 Å². The molecule has 1 N–H and O–H groups in total. The Kier molecular flexibility index (Phi) is 2.69. The molecular formula is C11H13FN2S. The molecule has 0 unspecified atom stereocenters. The van der Waals surface area contributed by atoms with E-state index >= 15 is 0 Å². The number of anilines is 1. The predicted molar refractivity (Wildman–Crippen MR) is 63.2 cm³/mol. The zero-order chi connectivity index (χ0) is 11.0. The maximum absolute atomic E-state index is 13.2. The van der Waals surface area contributed by atoms with E-state index < -0.39 is 0 Å². The summed E-state index contributed by atoms with van der Waals surface area (Å²) >= 11 is 1.48. The fourth-order valence-corrected chi connectivity index (χ4v) is 2.24. The van der Waals surface area contributed by atoms with Crippen LogP contribution in [0, 0.1) is 11.2 Å². The Morgan fingerprint density at radius 3 is 2.67 bits per heavy atom. The zero-order valence-corrected chi connectivity index (χ0v) is 9.57. The highest BCUT2D eigenvalue weighted by Crippen LogP contribution is 2.35. The van der Waals surface area contributed by atoms with E-state index in [4.69, 9.17) is 5.41 Å². The molecule has 0 atom stereocenters. The van der Waals surface area contributed by atoms with Crippen molar-refractivity contribution in [3.05, 3.63) is 29.6 Å². The molecule has 0 spiro atoms. The second-order valence-corrected chi connectivity index (χ2v) is 4.80. The minimum absolute atomic E-state index is 0.237. The molecule has 0 saturated carbocycles. The van der Waals surface area contributed by atoms with Crippen LogP contribution in [0.15, 0.2) is 18.2 Å². The molecule has 1 fully saturated rings. The molecule has 80 valence electrons. The third kappa shape index (κ3) is 1.86. The van der Waals surface area contributed by atoms with E-state index in [1.807, 2.05) is 11.0 Å². The molecule has 0 radical (unpaired) electrons. The van der Waals surface area contributed by atoms with Crippen LogP contribution in [-0.4, -0.2) is 11.0 Å². The van der Waals surface area contributed by atoms with Gasteiger partial charge in [-0.3, -0.25) is 5.41 Å². The Balaban J connectivity index is 2.42. The molecule has 2 rings (SSSR count). The highest BCUT2D eigenvalue weighted by Gasteiger charge is 2.25. The minimum Gasteiger partial charge on any atom is -0.311 e. The van der Waals surface area contributed by atoms with Crippen molar-refractivity contribution >= 4 is 22.6 Å². The first kappa shape index (κ1) is 10.5. The summed E-state index contributed by atoms with van der Waals surface area (Å²) in [5, 5.41) is 8.10. The number of nitrogens with one attached hydrogen (secondary N) is 1. The van der Waals surface area contributed by atoms with Crippen molar-refractivity contribution in [2.45, 2.75) is 19.8 Å². The van der Waals surface area contributed by atoms with Crippen molar-refractivity contribution in [1.29, 1.82) is 5.41 Å². The number of benzene rings is 1. The molecule has 2 nitrogen and oxygen atoms in total. The molecule has 0 bridgehead atoms. The van der Waals surface area contributed by atoms with E-state index in [0.717, 1.165) is 17.1 Å². The monoisotopic (exact) mass is 224 g/mol. The van der Waals surface area contributed by atoms with E-state index in [0.29, 0.717) is 11.1 Å². The van der Waals surface area contributed by atoms with Crippen molar-refractivity contribution in [2.75, 3.05) is 10.8 Å². The van der Waals surface area contributed by atoms with Gasteiger partial charge in [-0.1, -0.05) is 31.7 Å². The molecule has 1 aliphatic heterocycles. The summed E-state index contributed by atoms with van der Waals surface area (Å²) in [5.74, 6) is 0.861. The second-order valence-electron chi connectivity index (χ2n) is 3.86. The average molecular weight is 224 g/mol. The summed E-state index contributed by atoms with van der Waals surface area (Å²) in [6.07, 6.45) is 0. The number of thioether (sulfide) groups is 1. The van der Waals surface area contributed by atoms with Gasteiger partial charge in [-0.25, -0.2) is 4.39 Å². The Hall–Kier alpha value is -1.03. The fraction of sp³-hybridized carbons (Fsp3) is 0.364. The van der Waals surface area contributed by atoms with Crippen LogP contribution in [0.1, 0.15) is 25.3 Å².